The van der Waals surface area contributed by atoms with E-state index in [2.05, 4.69) is 38.2 Å². The van der Waals surface area contributed by atoms with Gasteiger partial charge in [-0.3, -0.25) is 0 Å². The van der Waals surface area contributed by atoms with Crippen molar-refractivity contribution in [3.05, 3.63) is 122 Å². The third-order valence-electron chi connectivity index (χ3n) is 6.44. The molecule has 0 aromatic heterocycles. The lowest BCUT2D eigenvalue weighted by atomic mass is 10.1. The Bertz CT molecular complexity index is 886. The van der Waals surface area contributed by atoms with E-state index in [1.807, 2.05) is 48.6 Å². The molecule has 0 radical (unpaired) electrons. The first-order valence-electron chi connectivity index (χ1n) is 16.6. The fraction of sp³-hybridized carbons (Fsp3) is 0.450. The third-order valence-corrected chi connectivity index (χ3v) is 6.44. The highest BCUT2D eigenvalue weighted by Crippen LogP contribution is 2.09. The maximum absolute atomic E-state index is 11.7. The summed E-state index contributed by atoms with van der Waals surface area (Å²) in [5.41, 5.74) is 0. The van der Waals surface area contributed by atoms with Crippen molar-refractivity contribution in [2.24, 2.45) is 0 Å². The fourth-order valence-corrected chi connectivity index (χ4v) is 3.99. The Balaban J connectivity index is 3.91. The molecule has 0 heterocycles. The minimum absolute atomic E-state index is 0.705. The molecule has 0 saturated carbocycles. The van der Waals surface area contributed by atoms with Crippen molar-refractivity contribution in [3.8, 4) is 0 Å². The van der Waals surface area contributed by atoms with Crippen LogP contribution in [0.2, 0.25) is 0 Å². The summed E-state index contributed by atoms with van der Waals surface area (Å²) in [5, 5.41) is 0. The van der Waals surface area contributed by atoms with Gasteiger partial charge in [-0.15, -0.1) is 0 Å². The normalized spacial score (nSPS) is 13.2. The van der Waals surface area contributed by atoms with Gasteiger partial charge in [-0.2, -0.15) is 0 Å². The molecular weight excluding hydrogens is 528 g/mol. The van der Waals surface area contributed by atoms with Crippen molar-refractivity contribution in [2.75, 3.05) is 0 Å². The Labute approximate surface area is 264 Å². The van der Waals surface area contributed by atoms with Crippen LogP contribution in [0, 0.1) is 0 Å². The van der Waals surface area contributed by atoms with E-state index in [1.54, 1.807) is 36.5 Å². The van der Waals surface area contributed by atoms with Crippen LogP contribution < -0.4 is 0 Å². The molecular formula is C40H58O3. The number of unbranched alkanes of at least 4 members (excludes halogenated alkanes) is 14. The molecule has 236 valence electrons. The second-order valence-electron chi connectivity index (χ2n) is 10.4. The van der Waals surface area contributed by atoms with Crippen LogP contribution >= 0.6 is 0 Å². The Morgan fingerprint density at radius 3 is 1.00 bits per heavy atom. The van der Waals surface area contributed by atoms with Gasteiger partial charge in [0.05, 0.1) is 0 Å². The molecule has 0 fully saturated rings. The maximum Gasteiger partial charge on any atom is 0.338 e. The minimum atomic E-state index is -0.705. The Morgan fingerprint density at radius 1 is 0.372 bits per heavy atom. The van der Waals surface area contributed by atoms with E-state index < -0.39 is 11.9 Å². The average molecular weight is 587 g/mol. The summed E-state index contributed by atoms with van der Waals surface area (Å²) in [5.74, 6) is -1.41. The highest BCUT2D eigenvalue weighted by atomic mass is 16.6. The van der Waals surface area contributed by atoms with Gasteiger partial charge in [0.15, 0.2) is 0 Å². The van der Waals surface area contributed by atoms with Gasteiger partial charge in [-0.1, -0.05) is 200 Å². The standard InChI is InChI=1S/C40H58O3/c1-3-5-7-9-11-13-15-17-19-21-23-25-27-29-31-33-35-37-39(41)43-40(42)38-36-34-32-30-28-26-24-22-20-18-16-14-12-10-8-6-4-2/h19-38H,3-18H2,1-2H3/b21-19+,22-20+,25-23+,26-24+,29-27+,30-28+,33-31+,34-32+,37-35+,38-36+. The Hall–Kier alpha value is -3.46. The summed E-state index contributed by atoms with van der Waals surface area (Å²) in [7, 11) is 0. The molecule has 0 spiro atoms. The van der Waals surface area contributed by atoms with Gasteiger partial charge in [0.1, 0.15) is 0 Å². The van der Waals surface area contributed by atoms with Crippen molar-refractivity contribution in [3.63, 3.8) is 0 Å². The van der Waals surface area contributed by atoms with Crippen LogP contribution in [-0.2, 0) is 14.3 Å². The maximum atomic E-state index is 11.7. The molecule has 0 atom stereocenters. The van der Waals surface area contributed by atoms with Gasteiger partial charge in [0.25, 0.3) is 0 Å². The molecule has 0 unspecified atom stereocenters. The minimum Gasteiger partial charge on any atom is -0.387 e. The molecule has 0 aliphatic carbocycles. The largest absolute Gasteiger partial charge is 0.387 e. The summed E-state index contributed by atoms with van der Waals surface area (Å²) in [4.78, 5) is 23.4. The van der Waals surface area contributed by atoms with Gasteiger partial charge in [-0.25, -0.2) is 9.59 Å². The topological polar surface area (TPSA) is 43.4 Å². The van der Waals surface area contributed by atoms with E-state index in [1.165, 1.54) is 102 Å². The lowest BCUT2D eigenvalue weighted by molar-refractivity contribution is -0.152. The zero-order valence-electron chi connectivity index (χ0n) is 27.1. The van der Waals surface area contributed by atoms with Crippen LogP contribution in [-0.4, -0.2) is 11.9 Å². The van der Waals surface area contributed by atoms with Crippen molar-refractivity contribution in [2.45, 2.75) is 117 Å². The van der Waals surface area contributed by atoms with Crippen LogP contribution in [0.15, 0.2) is 122 Å². The summed E-state index contributed by atoms with van der Waals surface area (Å²) in [6, 6.07) is 0. The number of allylic oxidation sites excluding steroid dienone is 18. The van der Waals surface area contributed by atoms with Gasteiger partial charge in [0.2, 0.25) is 0 Å². The molecule has 0 aliphatic heterocycles. The number of carbonyl (C=O) groups excluding carboxylic acids is 2. The zero-order chi connectivity index (χ0) is 31.3. The molecule has 0 aromatic rings. The van der Waals surface area contributed by atoms with E-state index >= 15 is 0 Å². The summed E-state index contributed by atoms with van der Waals surface area (Å²) in [6.45, 7) is 4.50. The summed E-state index contributed by atoms with van der Waals surface area (Å²) >= 11 is 0. The molecule has 0 amide bonds. The Kier molecular flexibility index (Phi) is 31.9. The second kappa shape index (κ2) is 34.7. The Morgan fingerprint density at radius 2 is 0.651 bits per heavy atom. The van der Waals surface area contributed by atoms with E-state index in [0.29, 0.717) is 0 Å². The van der Waals surface area contributed by atoms with E-state index in [9.17, 15) is 9.59 Å². The first-order chi connectivity index (χ1) is 21.2. The smallest absolute Gasteiger partial charge is 0.338 e. The van der Waals surface area contributed by atoms with Crippen LogP contribution in [0.4, 0.5) is 0 Å². The van der Waals surface area contributed by atoms with Crippen LogP contribution in [0.1, 0.15) is 117 Å². The van der Waals surface area contributed by atoms with Crippen molar-refractivity contribution in [1.82, 2.24) is 0 Å². The second-order valence-corrected chi connectivity index (χ2v) is 10.4. The number of ether oxygens (including phenoxy) is 1. The highest BCUT2D eigenvalue weighted by molar-refractivity contribution is 5.96. The number of carbonyl (C=O) groups is 2. The molecule has 0 N–H and O–H groups in total. The van der Waals surface area contributed by atoms with Crippen molar-refractivity contribution < 1.29 is 14.3 Å². The zero-order valence-corrected chi connectivity index (χ0v) is 27.1. The van der Waals surface area contributed by atoms with Gasteiger partial charge >= 0.3 is 11.9 Å². The monoisotopic (exact) mass is 586 g/mol. The fourth-order valence-electron chi connectivity index (χ4n) is 3.99. The van der Waals surface area contributed by atoms with Crippen LogP contribution in [0.5, 0.6) is 0 Å². The quantitative estimate of drug-likeness (QED) is 0.0333. The van der Waals surface area contributed by atoms with E-state index in [0.717, 1.165) is 12.8 Å². The van der Waals surface area contributed by atoms with E-state index in [4.69, 9.17) is 4.74 Å². The van der Waals surface area contributed by atoms with E-state index in [-0.39, 0.29) is 0 Å². The number of hydrogen-bond donors (Lipinski definition) is 0. The number of rotatable bonds is 26. The molecule has 43 heavy (non-hydrogen) atoms. The third kappa shape index (κ3) is 34.6. The average Bonchev–Trinajstić information content (AvgIpc) is 3.00. The predicted molar refractivity (Wildman–Crippen MR) is 188 cm³/mol. The first kappa shape index (κ1) is 39.5. The van der Waals surface area contributed by atoms with Gasteiger partial charge < -0.3 is 4.74 Å². The lowest BCUT2D eigenvalue weighted by Gasteiger charge is -1.98. The molecule has 0 aliphatic rings. The summed E-state index contributed by atoms with van der Waals surface area (Å²) < 4.78 is 4.72. The highest BCUT2D eigenvalue weighted by Gasteiger charge is 2.01. The molecule has 3 nitrogen and oxygen atoms in total. The van der Waals surface area contributed by atoms with Crippen LogP contribution in [0.3, 0.4) is 0 Å². The molecule has 0 saturated heterocycles. The van der Waals surface area contributed by atoms with Gasteiger partial charge in [-0.05, 0) is 25.7 Å². The van der Waals surface area contributed by atoms with Gasteiger partial charge in [0, 0.05) is 12.2 Å². The molecule has 0 rings (SSSR count). The first-order valence-corrected chi connectivity index (χ1v) is 16.6. The van der Waals surface area contributed by atoms with Crippen molar-refractivity contribution >= 4 is 11.9 Å². The molecule has 3 heteroatoms. The van der Waals surface area contributed by atoms with Crippen LogP contribution in [0.25, 0.3) is 0 Å². The lowest BCUT2D eigenvalue weighted by Crippen LogP contribution is -2.06. The molecule has 0 bridgehead atoms. The number of esters is 2. The summed E-state index contributed by atoms with van der Waals surface area (Å²) in [6.07, 6.45) is 57.6. The molecule has 0 aromatic carbocycles. The number of hydrogen-bond acceptors (Lipinski definition) is 3. The SMILES string of the molecule is CCCCCCCCC/C=C/C=C/C=C/C=C/C=C/C(=O)OC(=O)/C=C/C=C/C=C/C=C/C=C/CCCCCCCCC. The predicted octanol–water partition coefficient (Wildman–Crippen LogP) is 11.9. The van der Waals surface area contributed by atoms with Crippen molar-refractivity contribution in [1.29, 1.82) is 0 Å².